The Balaban J connectivity index is 3.31. The maximum atomic E-state index is 11.0. The highest BCUT2D eigenvalue weighted by Crippen LogP contribution is 2.00. The molecule has 0 aromatic carbocycles. The number of aliphatic hydroxyl groups excluding tert-OH is 1. The number of hydrogen-bond acceptors (Lipinski definition) is 4. The minimum Gasteiger partial charge on any atom is -0.392 e. The molecule has 0 radical (unpaired) electrons. The van der Waals surface area contributed by atoms with Crippen LogP contribution in [-0.2, 0) is 9.59 Å². The van der Waals surface area contributed by atoms with Crippen LogP contribution in [0.3, 0.4) is 0 Å². The Kier molecular flexibility index (Phi) is 7.23. The summed E-state index contributed by atoms with van der Waals surface area (Å²) in [6, 6.07) is 0. The third kappa shape index (κ3) is 9.34. The number of nitrogens with two attached hydrogens (primary N) is 1. The Hall–Kier alpha value is -0.750. The van der Waals surface area contributed by atoms with Gasteiger partial charge in [0.2, 0.25) is 11.8 Å². The number of hydrogen-bond donors (Lipinski definition) is 3. The normalized spacial score (nSPS) is 12.1. The van der Waals surface area contributed by atoms with Crippen molar-refractivity contribution in [3.05, 3.63) is 0 Å². The summed E-state index contributed by atoms with van der Waals surface area (Å²) in [6.45, 7) is 1.86. The van der Waals surface area contributed by atoms with Crippen molar-refractivity contribution in [2.24, 2.45) is 5.73 Å². The fourth-order valence-electron chi connectivity index (χ4n) is 0.688. The van der Waals surface area contributed by atoms with Gasteiger partial charge in [-0.1, -0.05) is 0 Å². The van der Waals surface area contributed by atoms with Gasteiger partial charge in [0.1, 0.15) is 0 Å². The van der Waals surface area contributed by atoms with E-state index >= 15 is 0 Å². The molecule has 0 aliphatic rings. The first-order valence-electron chi connectivity index (χ1n) is 4.33. The number of amides is 2. The second-order valence-electron chi connectivity index (χ2n) is 2.92. The summed E-state index contributed by atoms with van der Waals surface area (Å²) in [7, 11) is 0. The predicted molar refractivity (Wildman–Crippen MR) is 55.8 cm³/mol. The Morgan fingerprint density at radius 1 is 1.57 bits per heavy atom. The van der Waals surface area contributed by atoms with Crippen LogP contribution in [0.2, 0.25) is 0 Å². The molecule has 5 nitrogen and oxygen atoms in total. The molecule has 4 N–H and O–H groups in total. The van der Waals surface area contributed by atoms with Gasteiger partial charge in [-0.2, -0.15) is 11.8 Å². The number of rotatable bonds is 7. The van der Waals surface area contributed by atoms with Crippen LogP contribution in [0.25, 0.3) is 0 Å². The Labute approximate surface area is 87.4 Å². The lowest BCUT2D eigenvalue weighted by Crippen LogP contribution is -2.30. The highest BCUT2D eigenvalue weighted by Gasteiger charge is 2.03. The van der Waals surface area contributed by atoms with E-state index in [0.29, 0.717) is 12.2 Å². The van der Waals surface area contributed by atoms with E-state index in [-0.39, 0.29) is 24.1 Å². The molecule has 0 aliphatic carbocycles. The molecule has 0 aromatic heterocycles. The zero-order valence-electron chi connectivity index (χ0n) is 8.16. The van der Waals surface area contributed by atoms with E-state index in [4.69, 9.17) is 10.8 Å². The van der Waals surface area contributed by atoms with Crippen molar-refractivity contribution in [3.8, 4) is 0 Å². The lowest BCUT2D eigenvalue weighted by atomic mass is 10.4. The van der Waals surface area contributed by atoms with Gasteiger partial charge in [0.05, 0.1) is 11.9 Å². The van der Waals surface area contributed by atoms with Crippen molar-refractivity contribution in [3.63, 3.8) is 0 Å². The first-order chi connectivity index (χ1) is 6.52. The van der Waals surface area contributed by atoms with E-state index < -0.39 is 6.10 Å². The van der Waals surface area contributed by atoms with Crippen LogP contribution in [0.4, 0.5) is 0 Å². The molecule has 0 bridgehead atoms. The molecule has 2 amide bonds. The number of thioether (sulfide) groups is 1. The molecule has 0 aliphatic heterocycles. The van der Waals surface area contributed by atoms with E-state index in [1.54, 1.807) is 6.92 Å². The summed E-state index contributed by atoms with van der Waals surface area (Å²) in [6.07, 6.45) is -0.192. The zero-order valence-corrected chi connectivity index (χ0v) is 8.97. The first-order valence-corrected chi connectivity index (χ1v) is 5.48. The third-order valence-electron chi connectivity index (χ3n) is 1.31. The van der Waals surface area contributed by atoms with Crippen molar-refractivity contribution in [1.82, 2.24) is 5.32 Å². The van der Waals surface area contributed by atoms with E-state index in [2.05, 4.69) is 5.32 Å². The number of primary amides is 1. The fraction of sp³-hybridized carbons (Fsp3) is 0.750. The maximum Gasteiger partial charge on any atom is 0.227 e. The average Bonchev–Trinajstić information content (AvgIpc) is 2.08. The minimum absolute atomic E-state index is 0.122. The van der Waals surface area contributed by atoms with Crippen LogP contribution >= 0.6 is 11.8 Å². The summed E-state index contributed by atoms with van der Waals surface area (Å²) >= 11 is 1.33. The van der Waals surface area contributed by atoms with Gasteiger partial charge in [0.15, 0.2) is 0 Å². The molecule has 0 aromatic rings. The molecule has 0 rings (SSSR count). The van der Waals surface area contributed by atoms with Crippen molar-refractivity contribution >= 4 is 23.6 Å². The van der Waals surface area contributed by atoms with Crippen molar-refractivity contribution in [1.29, 1.82) is 0 Å². The molecule has 0 heterocycles. The van der Waals surface area contributed by atoms with Crippen LogP contribution in [0.5, 0.6) is 0 Å². The molecule has 6 heteroatoms. The average molecular weight is 220 g/mol. The van der Waals surface area contributed by atoms with Crippen LogP contribution in [0.1, 0.15) is 13.3 Å². The van der Waals surface area contributed by atoms with E-state index in [1.807, 2.05) is 0 Å². The maximum absolute atomic E-state index is 11.0. The number of carbonyl (C=O) groups is 2. The van der Waals surface area contributed by atoms with Crippen molar-refractivity contribution < 1.29 is 14.7 Å². The van der Waals surface area contributed by atoms with E-state index in [1.165, 1.54) is 11.8 Å². The van der Waals surface area contributed by atoms with E-state index in [9.17, 15) is 9.59 Å². The second kappa shape index (κ2) is 7.64. The van der Waals surface area contributed by atoms with Gasteiger partial charge in [-0.15, -0.1) is 0 Å². The second-order valence-corrected chi connectivity index (χ2v) is 4.03. The molecule has 82 valence electrons. The predicted octanol–water partition coefficient (Wildman–Crippen LogP) is -0.908. The Bertz CT molecular complexity index is 197. The summed E-state index contributed by atoms with van der Waals surface area (Å²) in [5, 5.41) is 11.4. The molecular weight excluding hydrogens is 204 g/mol. The highest BCUT2D eigenvalue weighted by atomic mass is 32.2. The number of carbonyl (C=O) groups excluding carboxylic acids is 2. The number of aliphatic hydroxyl groups is 1. The van der Waals surface area contributed by atoms with Crippen LogP contribution in [0, 0.1) is 0 Å². The Morgan fingerprint density at radius 3 is 2.71 bits per heavy atom. The molecule has 0 saturated carbocycles. The van der Waals surface area contributed by atoms with Gasteiger partial charge in [-0.3, -0.25) is 9.59 Å². The van der Waals surface area contributed by atoms with Gasteiger partial charge in [-0.25, -0.2) is 0 Å². The van der Waals surface area contributed by atoms with Crippen LogP contribution in [0.15, 0.2) is 0 Å². The quantitative estimate of drug-likeness (QED) is 0.484. The molecular formula is C8H16N2O3S. The molecule has 1 atom stereocenters. The molecule has 0 fully saturated rings. The number of nitrogens with one attached hydrogen (secondary N) is 1. The standard InChI is InChI=1S/C8H16N2O3S/c1-6(11)4-10-8(13)2-3-14-5-7(9)12/h6,11H,2-5H2,1H3,(H2,9,12)(H,10,13)/t6-/m1/s1. The van der Waals surface area contributed by atoms with Gasteiger partial charge in [0.25, 0.3) is 0 Å². The third-order valence-corrected chi connectivity index (χ3v) is 2.29. The summed E-state index contributed by atoms with van der Waals surface area (Å²) in [5.74, 6) is 0.306. The lowest BCUT2D eigenvalue weighted by molar-refractivity contribution is -0.121. The molecule has 0 unspecified atom stereocenters. The van der Waals surface area contributed by atoms with Crippen molar-refractivity contribution in [2.45, 2.75) is 19.4 Å². The Morgan fingerprint density at radius 2 is 2.21 bits per heavy atom. The van der Waals surface area contributed by atoms with Crippen LogP contribution in [-0.4, -0.2) is 41.1 Å². The van der Waals surface area contributed by atoms with E-state index in [0.717, 1.165) is 0 Å². The lowest BCUT2D eigenvalue weighted by Gasteiger charge is -2.06. The summed E-state index contributed by atoms with van der Waals surface area (Å²) in [4.78, 5) is 21.4. The summed E-state index contributed by atoms with van der Waals surface area (Å²) < 4.78 is 0. The summed E-state index contributed by atoms with van der Waals surface area (Å²) in [5.41, 5.74) is 4.91. The topological polar surface area (TPSA) is 92.4 Å². The molecule has 0 saturated heterocycles. The molecule has 0 spiro atoms. The monoisotopic (exact) mass is 220 g/mol. The van der Waals surface area contributed by atoms with Gasteiger partial charge >= 0.3 is 0 Å². The highest BCUT2D eigenvalue weighted by molar-refractivity contribution is 7.99. The first kappa shape index (κ1) is 13.2. The van der Waals surface area contributed by atoms with Gasteiger partial charge in [0, 0.05) is 18.7 Å². The van der Waals surface area contributed by atoms with Crippen LogP contribution < -0.4 is 11.1 Å². The largest absolute Gasteiger partial charge is 0.392 e. The van der Waals surface area contributed by atoms with Gasteiger partial charge in [-0.05, 0) is 6.92 Å². The smallest absolute Gasteiger partial charge is 0.227 e. The SMILES string of the molecule is C[C@@H](O)CNC(=O)CCSCC(N)=O. The zero-order chi connectivity index (χ0) is 11.0. The minimum atomic E-state index is -0.530. The fourth-order valence-corrected chi connectivity index (χ4v) is 1.36. The molecule has 14 heavy (non-hydrogen) atoms. The van der Waals surface area contributed by atoms with Crippen molar-refractivity contribution in [2.75, 3.05) is 18.1 Å². The van der Waals surface area contributed by atoms with Gasteiger partial charge < -0.3 is 16.2 Å².